The topological polar surface area (TPSA) is 66.1 Å². The number of methoxy groups -OCH3 is 1. The van der Waals surface area contributed by atoms with Crippen molar-refractivity contribution in [1.29, 1.82) is 0 Å². The summed E-state index contributed by atoms with van der Waals surface area (Å²) in [6.45, 7) is 5.92. The second-order valence-corrected chi connectivity index (χ2v) is 7.89. The Morgan fingerprint density at radius 3 is 2.48 bits per heavy atom. The Balaban J connectivity index is 1.77. The normalized spacial score (nSPS) is 17.4. The van der Waals surface area contributed by atoms with Gasteiger partial charge >= 0.3 is 0 Å². The fraction of sp³-hybridized carbons (Fsp3) is 0.474. The molecule has 0 spiro atoms. The first kappa shape index (κ1) is 18.2. The molecule has 4 rings (SSSR count). The van der Waals surface area contributed by atoms with Gasteiger partial charge in [0.15, 0.2) is 5.82 Å². The summed E-state index contributed by atoms with van der Waals surface area (Å²) in [4.78, 5) is 10.9. The number of aromatic hydroxyl groups is 1. The second-order valence-electron chi connectivity index (χ2n) is 6.88. The monoisotopic (exact) mass is 387 g/mol. The van der Waals surface area contributed by atoms with Gasteiger partial charge in [0.2, 0.25) is 10.8 Å². The fourth-order valence-corrected chi connectivity index (χ4v) is 4.65. The van der Waals surface area contributed by atoms with Gasteiger partial charge in [0, 0.05) is 32.6 Å². The molecule has 27 heavy (non-hydrogen) atoms. The lowest BCUT2D eigenvalue weighted by Crippen LogP contribution is -2.46. The average Bonchev–Trinajstić information content (AvgIpc) is 3.23. The van der Waals surface area contributed by atoms with Crippen molar-refractivity contribution in [2.75, 3.05) is 40.3 Å². The maximum Gasteiger partial charge on any atom is 0.230 e. The summed E-state index contributed by atoms with van der Waals surface area (Å²) in [7, 11) is 3.82. The van der Waals surface area contributed by atoms with Crippen LogP contribution in [0.5, 0.6) is 11.6 Å². The van der Waals surface area contributed by atoms with Crippen LogP contribution >= 0.6 is 11.3 Å². The molecule has 3 heterocycles. The number of rotatable bonds is 5. The van der Waals surface area contributed by atoms with Crippen LogP contribution < -0.4 is 4.74 Å². The summed E-state index contributed by atoms with van der Waals surface area (Å²) in [6.07, 6.45) is 0.754. The lowest BCUT2D eigenvalue weighted by atomic mass is 10.0. The molecule has 0 bridgehead atoms. The summed E-state index contributed by atoms with van der Waals surface area (Å²) in [5, 5.41) is 15.4. The van der Waals surface area contributed by atoms with Crippen LogP contribution in [0.2, 0.25) is 0 Å². The lowest BCUT2D eigenvalue weighted by Gasteiger charge is -2.37. The highest BCUT2D eigenvalue weighted by Gasteiger charge is 2.31. The van der Waals surface area contributed by atoms with Gasteiger partial charge in [0.05, 0.1) is 18.0 Å². The zero-order valence-electron chi connectivity index (χ0n) is 15.9. The number of hydrogen-bond donors (Lipinski definition) is 1. The molecule has 1 aliphatic rings. The van der Waals surface area contributed by atoms with E-state index < -0.39 is 0 Å². The molecular weight excluding hydrogens is 362 g/mol. The van der Waals surface area contributed by atoms with Crippen LogP contribution in [-0.2, 0) is 6.42 Å². The molecule has 0 saturated carbocycles. The van der Waals surface area contributed by atoms with Crippen molar-refractivity contribution in [3.63, 3.8) is 0 Å². The second kappa shape index (κ2) is 7.46. The van der Waals surface area contributed by atoms with Crippen molar-refractivity contribution in [2.45, 2.75) is 19.4 Å². The fourth-order valence-electron chi connectivity index (χ4n) is 3.51. The van der Waals surface area contributed by atoms with Crippen LogP contribution in [0.3, 0.4) is 0 Å². The largest absolute Gasteiger partial charge is 0.497 e. The first-order valence-corrected chi connectivity index (χ1v) is 10.1. The van der Waals surface area contributed by atoms with Gasteiger partial charge in [-0.15, -0.1) is 5.10 Å². The van der Waals surface area contributed by atoms with E-state index in [0.717, 1.165) is 59.6 Å². The standard InChI is InChI=1S/C19H25N5O2S/c1-4-15-20-19-24(21-15)18(25)17(27-19)16(23-11-9-22(2)10-12-23)13-5-7-14(26-3)8-6-13/h5-8,16,25H,4,9-12H2,1-3H3/t16-/m1/s1. The summed E-state index contributed by atoms with van der Waals surface area (Å²) < 4.78 is 6.88. The van der Waals surface area contributed by atoms with Crippen LogP contribution in [0.1, 0.15) is 29.2 Å². The van der Waals surface area contributed by atoms with Gasteiger partial charge in [-0.3, -0.25) is 4.90 Å². The van der Waals surface area contributed by atoms with Crippen LogP contribution in [0, 0.1) is 0 Å². The van der Waals surface area contributed by atoms with E-state index in [1.807, 2.05) is 19.1 Å². The first-order chi connectivity index (χ1) is 13.1. The highest BCUT2D eigenvalue weighted by molar-refractivity contribution is 7.17. The number of nitrogens with zero attached hydrogens (tertiary/aromatic N) is 5. The Hall–Kier alpha value is -2.16. The third-order valence-electron chi connectivity index (χ3n) is 5.14. The summed E-state index contributed by atoms with van der Waals surface area (Å²) >= 11 is 1.52. The molecule has 1 aromatic carbocycles. The number of thiazole rings is 1. The maximum absolute atomic E-state index is 10.9. The van der Waals surface area contributed by atoms with E-state index in [9.17, 15) is 5.11 Å². The lowest BCUT2D eigenvalue weighted by molar-refractivity contribution is 0.127. The van der Waals surface area contributed by atoms with Gasteiger partial charge in [-0.05, 0) is 24.7 Å². The number of aryl methyl sites for hydroxylation is 1. The third-order valence-corrected chi connectivity index (χ3v) is 6.22. The molecule has 1 fully saturated rings. The van der Waals surface area contributed by atoms with Crippen molar-refractivity contribution in [2.24, 2.45) is 0 Å². The summed E-state index contributed by atoms with van der Waals surface area (Å²) in [5.74, 6) is 1.78. The molecule has 1 saturated heterocycles. The Morgan fingerprint density at radius 2 is 1.89 bits per heavy atom. The minimum absolute atomic E-state index is 0.0248. The Morgan fingerprint density at radius 1 is 1.19 bits per heavy atom. The quantitative estimate of drug-likeness (QED) is 0.725. The van der Waals surface area contributed by atoms with Crippen LogP contribution in [0.15, 0.2) is 24.3 Å². The number of aromatic nitrogens is 3. The third kappa shape index (κ3) is 3.40. The molecule has 7 nitrogen and oxygen atoms in total. The van der Waals surface area contributed by atoms with Gasteiger partial charge in [-0.25, -0.2) is 4.98 Å². The molecule has 1 N–H and O–H groups in total. The molecule has 0 unspecified atom stereocenters. The van der Waals surface area contributed by atoms with E-state index in [-0.39, 0.29) is 11.9 Å². The van der Waals surface area contributed by atoms with Gasteiger partial charge in [0.25, 0.3) is 0 Å². The van der Waals surface area contributed by atoms with E-state index in [4.69, 9.17) is 4.74 Å². The number of ether oxygens (including phenoxy) is 1. The molecule has 3 aromatic rings. The number of fused-ring (bicyclic) bond motifs is 1. The number of benzene rings is 1. The van der Waals surface area contributed by atoms with Gasteiger partial charge in [-0.1, -0.05) is 30.4 Å². The average molecular weight is 388 g/mol. The van der Waals surface area contributed by atoms with E-state index in [1.165, 1.54) is 11.3 Å². The predicted molar refractivity (Wildman–Crippen MR) is 106 cm³/mol. The van der Waals surface area contributed by atoms with Gasteiger partial charge in [0.1, 0.15) is 5.75 Å². The zero-order chi connectivity index (χ0) is 19.0. The highest BCUT2D eigenvalue weighted by Crippen LogP contribution is 2.40. The molecular formula is C19H25N5O2S. The van der Waals surface area contributed by atoms with E-state index in [2.05, 4.69) is 39.1 Å². The van der Waals surface area contributed by atoms with Gasteiger partial charge < -0.3 is 14.7 Å². The molecule has 2 aromatic heterocycles. The Kier molecular flexibility index (Phi) is 5.03. The number of hydrogen-bond acceptors (Lipinski definition) is 7. The zero-order valence-corrected chi connectivity index (χ0v) is 16.7. The number of piperazine rings is 1. The van der Waals surface area contributed by atoms with Crippen molar-refractivity contribution >= 4 is 16.3 Å². The van der Waals surface area contributed by atoms with Crippen molar-refractivity contribution < 1.29 is 9.84 Å². The highest BCUT2D eigenvalue weighted by atomic mass is 32.1. The van der Waals surface area contributed by atoms with Crippen molar-refractivity contribution in [1.82, 2.24) is 24.4 Å². The SMILES string of the molecule is CCc1nc2sc([C@@H](c3ccc(OC)cc3)N3CCN(C)CC3)c(O)n2n1. The molecule has 144 valence electrons. The summed E-state index contributed by atoms with van der Waals surface area (Å²) in [5.41, 5.74) is 1.14. The van der Waals surface area contributed by atoms with Crippen molar-refractivity contribution in [3.05, 3.63) is 40.5 Å². The van der Waals surface area contributed by atoms with Crippen LogP contribution in [-0.4, -0.2) is 69.8 Å². The van der Waals surface area contributed by atoms with E-state index >= 15 is 0 Å². The van der Waals surface area contributed by atoms with E-state index in [1.54, 1.807) is 11.6 Å². The molecule has 1 atom stereocenters. The van der Waals surface area contributed by atoms with Gasteiger partial charge in [-0.2, -0.15) is 4.52 Å². The summed E-state index contributed by atoms with van der Waals surface area (Å²) in [6, 6.07) is 8.08. The van der Waals surface area contributed by atoms with Crippen LogP contribution in [0.25, 0.3) is 4.96 Å². The van der Waals surface area contributed by atoms with Crippen molar-refractivity contribution in [3.8, 4) is 11.6 Å². The smallest absolute Gasteiger partial charge is 0.230 e. The Bertz CT molecular complexity index is 912. The molecule has 0 aliphatic carbocycles. The van der Waals surface area contributed by atoms with E-state index in [0.29, 0.717) is 0 Å². The first-order valence-electron chi connectivity index (χ1n) is 9.24. The molecule has 0 radical (unpaired) electrons. The molecule has 1 aliphatic heterocycles. The molecule has 8 heteroatoms. The minimum Gasteiger partial charge on any atom is -0.497 e. The molecule has 0 amide bonds. The van der Waals surface area contributed by atoms with Crippen LogP contribution in [0.4, 0.5) is 0 Å². The predicted octanol–water partition coefficient (Wildman–Crippen LogP) is 2.40. The maximum atomic E-state index is 10.9. The number of likely N-dealkylation sites (N-methyl/N-ethyl adjacent to an activating group) is 1. The minimum atomic E-state index is -0.0248. The Labute approximate surface area is 162 Å².